The fraction of sp³-hybridized carbons (Fsp3) is 0.500. The molecule has 0 aliphatic heterocycles. The Bertz CT molecular complexity index is 424. The van der Waals surface area contributed by atoms with Crippen LogP contribution in [0.1, 0.15) is 0 Å². The zero-order valence-electron chi connectivity index (χ0n) is 10.9. The molecule has 0 saturated heterocycles. The Labute approximate surface area is 115 Å². The van der Waals surface area contributed by atoms with Crippen LogP contribution in [0.5, 0.6) is 11.5 Å². The third kappa shape index (κ3) is 5.39. The largest absolute Gasteiger partial charge is 0.487 e. The van der Waals surface area contributed by atoms with Gasteiger partial charge in [0.05, 0.1) is 37.4 Å². The molecule has 0 aliphatic carbocycles. The van der Waals surface area contributed by atoms with E-state index in [0.717, 1.165) is 0 Å². The van der Waals surface area contributed by atoms with Crippen molar-refractivity contribution in [2.24, 2.45) is 0 Å². The van der Waals surface area contributed by atoms with Crippen LogP contribution >= 0.6 is 0 Å². The predicted octanol–water partition coefficient (Wildman–Crippen LogP) is 0.354. The van der Waals surface area contributed by atoms with E-state index >= 15 is 0 Å². The fourth-order valence-corrected chi connectivity index (χ4v) is 1.38. The van der Waals surface area contributed by atoms with Gasteiger partial charge in [0.2, 0.25) is 0 Å². The molecule has 1 rings (SSSR count). The van der Waals surface area contributed by atoms with Crippen molar-refractivity contribution < 1.29 is 29.3 Å². The highest BCUT2D eigenvalue weighted by Gasteiger charge is 2.13. The molecule has 0 fully saturated rings. The van der Waals surface area contributed by atoms with E-state index in [9.17, 15) is 10.1 Å². The number of aliphatic hydroxyl groups excluding tert-OH is 2. The summed E-state index contributed by atoms with van der Waals surface area (Å²) in [5, 5.41) is 28.0. The molecule has 0 saturated carbocycles. The number of non-ortho nitro benzene ring substituents is 1. The van der Waals surface area contributed by atoms with Crippen LogP contribution in [0, 0.1) is 10.1 Å². The van der Waals surface area contributed by atoms with Crippen LogP contribution in [0.2, 0.25) is 0 Å². The van der Waals surface area contributed by atoms with Crippen molar-refractivity contribution >= 4 is 5.69 Å². The minimum absolute atomic E-state index is 0.0647. The first-order valence-electron chi connectivity index (χ1n) is 6.02. The summed E-state index contributed by atoms with van der Waals surface area (Å²) in [5.74, 6) is 0.520. The lowest BCUT2D eigenvalue weighted by Crippen LogP contribution is -2.10. The lowest BCUT2D eigenvalue weighted by atomic mass is 10.3. The van der Waals surface area contributed by atoms with E-state index in [-0.39, 0.29) is 51.1 Å². The molecule has 0 atom stereocenters. The van der Waals surface area contributed by atoms with Crippen LogP contribution in [-0.2, 0) is 4.74 Å². The van der Waals surface area contributed by atoms with Crippen molar-refractivity contribution in [3.05, 3.63) is 28.3 Å². The van der Waals surface area contributed by atoms with Gasteiger partial charge < -0.3 is 24.4 Å². The molecule has 0 radical (unpaired) electrons. The molecule has 8 heteroatoms. The van der Waals surface area contributed by atoms with Crippen molar-refractivity contribution in [1.29, 1.82) is 0 Å². The number of hydrogen-bond donors (Lipinski definition) is 2. The summed E-state index contributed by atoms with van der Waals surface area (Å²) in [7, 11) is 0. The third-order valence-electron chi connectivity index (χ3n) is 2.21. The maximum Gasteiger partial charge on any atom is 0.273 e. The number of nitro benzene ring substituents is 1. The van der Waals surface area contributed by atoms with Gasteiger partial charge >= 0.3 is 0 Å². The zero-order valence-corrected chi connectivity index (χ0v) is 10.9. The van der Waals surface area contributed by atoms with Gasteiger partial charge in [-0.25, -0.2) is 0 Å². The number of rotatable bonds is 10. The number of benzene rings is 1. The van der Waals surface area contributed by atoms with Gasteiger partial charge in [-0.2, -0.15) is 0 Å². The molecule has 0 bridgehead atoms. The SMILES string of the molecule is O=[N+]([O-])c1ccc(OCCO)c(OCCOCCO)c1. The van der Waals surface area contributed by atoms with Crippen LogP contribution in [0.4, 0.5) is 5.69 Å². The Morgan fingerprint density at radius 3 is 2.35 bits per heavy atom. The van der Waals surface area contributed by atoms with Crippen LogP contribution in [-0.4, -0.2) is 54.8 Å². The zero-order chi connectivity index (χ0) is 14.8. The summed E-state index contributed by atoms with van der Waals surface area (Å²) in [4.78, 5) is 10.2. The Hall–Kier alpha value is -1.90. The topological polar surface area (TPSA) is 111 Å². The van der Waals surface area contributed by atoms with E-state index in [1.807, 2.05) is 0 Å². The number of hydrogen-bond acceptors (Lipinski definition) is 7. The fourth-order valence-electron chi connectivity index (χ4n) is 1.38. The highest BCUT2D eigenvalue weighted by atomic mass is 16.6. The summed E-state index contributed by atoms with van der Waals surface area (Å²) >= 11 is 0. The molecule has 0 unspecified atom stereocenters. The van der Waals surface area contributed by atoms with Crippen molar-refractivity contribution in [2.45, 2.75) is 0 Å². The van der Waals surface area contributed by atoms with Crippen molar-refractivity contribution in [3.8, 4) is 11.5 Å². The van der Waals surface area contributed by atoms with Crippen molar-refractivity contribution in [3.63, 3.8) is 0 Å². The van der Waals surface area contributed by atoms with Gasteiger partial charge in [0.1, 0.15) is 13.2 Å². The second-order valence-electron chi connectivity index (χ2n) is 3.64. The van der Waals surface area contributed by atoms with Gasteiger partial charge in [-0.05, 0) is 6.07 Å². The van der Waals surface area contributed by atoms with Crippen molar-refractivity contribution in [1.82, 2.24) is 0 Å². The van der Waals surface area contributed by atoms with E-state index in [1.165, 1.54) is 18.2 Å². The molecule has 20 heavy (non-hydrogen) atoms. The quantitative estimate of drug-likeness (QED) is 0.363. The highest BCUT2D eigenvalue weighted by Crippen LogP contribution is 2.31. The first kappa shape index (κ1) is 16.2. The molecule has 0 aromatic heterocycles. The second kappa shape index (κ2) is 9.08. The van der Waals surface area contributed by atoms with Gasteiger partial charge in [-0.15, -0.1) is 0 Å². The van der Waals surface area contributed by atoms with Gasteiger partial charge in [-0.3, -0.25) is 10.1 Å². The smallest absolute Gasteiger partial charge is 0.273 e. The first-order chi connectivity index (χ1) is 9.69. The number of aliphatic hydroxyl groups is 2. The Kier molecular flexibility index (Phi) is 7.33. The Morgan fingerprint density at radius 2 is 1.70 bits per heavy atom. The van der Waals surface area contributed by atoms with Crippen molar-refractivity contribution in [2.75, 3.05) is 39.6 Å². The van der Waals surface area contributed by atoms with Gasteiger partial charge in [0.25, 0.3) is 5.69 Å². The van der Waals surface area contributed by atoms with E-state index in [1.54, 1.807) is 0 Å². The first-order valence-corrected chi connectivity index (χ1v) is 6.02. The average Bonchev–Trinajstić information content (AvgIpc) is 2.45. The molecule has 1 aromatic rings. The average molecular weight is 287 g/mol. The monoisotopic (exact) mass is 287 g/mol. The standard InChI is InChI=1S/C12H17NO7/c14-3-5-18-7-8-20-12-9-10(13(16)17)1-2-11(12)19-6-4-15/h1-2,9,14-15H,3-8H2. The van der Waals surface area contributed by atoms with Gasteiger partial charge in [0.15, 0.2) is 11.5 Å². The van der Waals surface area contributed by atoms with E-state index in [0.29, 0.717) is 5.75 Å². The second-order valence-corrected chi connectivity index (χ2v) is 3.64. The third-order valence-corrected chi connectivity index (χ3v) is 2.21. The minimum atomic E-state index is -0.537. The van der Waals surface area contributed by atoms with Crippen LogP contribution in [0.25, 0.3) is 0 Å². The molecular weight excluding hydrogens is 270 g/mol. The lowest BCUT2D eigenvalue weighted by molar-refractivity contribution is -0.385. The van der Waals surface area contributed by atoms with Crippen LogP contribution in [0.3, 0.4) is 0 Å². The van der Waals surface area contributed by atoms with E-state index in [2.05, 4.69) is 0 Å². The summed E-state index contributed by atoms with van der Waals surface area (Å²) in [6.07, 6.45) is 0. The number of ether oxygens (including phenoxy) is 3. The van der Waals surface area contributed by atoms with Gasteiger partial charge in [0, 0.05) is 6.07 Å². The maximum atomic E-state index is 10.7. The number of nitrogens with zero attached hydrogens (tertiary/aromatic N) is 1. The summed E-state index contributed by atoms with van der Waals surface area (Å²) in [6, 6.07) is 3.96. The molecule has 8 nitrogen and oxygen atoms in total. The Balaban J connectivity index is 2.66. The minimum Gasteiger partial charge on any atom is -0.487 e. The molecule has 0 heterocycles. The lowest BCUT2D eigenvalue weighted by Gasteiger charge is -2.12. The molecule has 0 amide bonds. The molecule has 1 aromatic carbocycles. The van der Waals surface area contributed by atoms with Gasteiger partial charge in [-0.1, -0.05) is 0 Å². The predicted molar refractivity (Wildman–Crippen MR) is 69.1 cm³/mol. The summed E-state index contributed by atoms with van der Waals surface area (Å²) in [5.41, 5.74) is -0.118. The normalized spacial score (nSPS) is 10.3. The molecule has 112 valence electrons. The van der Waals surface area contributed by atoms with E-state index < -0.39 is 4.92 Å². The molecule has 2 N–H and O–H groups in total. The van der Waals surface area contributed by atoms with E-state index in [4.69, 9.17) is 24.4 Å². The van der Waals surface area contributed by atoms with Crippen LogP contribution in [0.15, 0.2) is 18.2 Å². The summed E-state index contributed by atoms with van der Waals surface area (Å²) in [6.45, 7) is 0.415. The Morgan fingerprint density at radius 1 is 1.00 bits per heavy atom. The maximum absolute atomic E-state index is 10.7. The van der Waals surface area contributed by atoms with Crippen LogP contribution < -0.4 is 9.47 Å². The number of nitro groups is 1. The summed E-state index contributed by atoms with van der Waals surface area (Å²) < 4.78 is 15.6. The molecule has 0 aliphatic rings. The highest BCUT2D eigenvalue weighted by molar-refractivity contribution is 5.48. The molecular formula is C12H17NO7. The molecule has 0 spiro atoms.